The van der Waals surface area contributed by atoms with Gasteiger partial charge >= 0.3 is 0 Å². The van der Waals surface area contributed by atoms with Gasteiger partial charge in [-0.25, -0.2) is 9.97 Å². The molecule has 0 saturated carbocycles. The first-order chi connectivity index (χ1) is 15.3. The van der Waals surface area contributed by atoms with E-state index in [0.717, 1.165) is 44.7 Å². The minimum atomic E-state index is 0.411. The van der Waals surface area contributed by atoms with Crippen molar-refractivity contribution in [1.82, 2.24) is 15.0 Å². The zero-order chi connectivity index (χ0) is 21.0. The molecular formula is C26H20N4O. The maximum Gasteiger partial charge on any atom is 0.130 e. The van der Waals surface area contributed by atoms with Gasteiger partial charge < -0.3 is 10.5 Å². The van der Waals surface area contributed by atoms with Crippen LogP contribution in [0.15, 0.2) is 97.3 Å². The first-order valence-corrected chi connectivity index (χ1v) is 10.0. The SMILES string of the molecule is Nc1ccc(-c2ccc(OCc3ccc4ccccc4n3)cc2)c(-c2cccnc2)n1. The summed E-state index contributed by atoms with van der Waals surface area (Å²) in [5.41, 5.74) is 11.6. The third-order valence-corrected chi connectivity index (χ3v) is 5.06. The molecule has 0 saturated heterocycles. The number of nitrogens with two attached hydrogens (primary N) is 1. The highest BCUT2D eigenvalue weighted by Crippen LogP contribution is 2.32. The highest BCUT2D eigenvalue weighted by Gasteiger charge is 2.10. The summed E-state index contributed by atoms with van der Waals surface area (Å²) in [4.78, 5) is 13.4. The minimum Gasteiger partial charge on any atom is -0.487 e. The molecule has 0 atom stereocenters. The van der Waals surface area contributed by atoms with Gasteiger partial charge in [0.15, 0.2) is 0 Å². The van der Waals surface area contributed by atoms with Gasteiger partial charge in [0.2, 0.25) is 0 Å². The molecule has 5 rings (SSSR count). The molecule has 0 spiro atoms. The lowest BCUT2D eigenvalue weighted by Gasteiger charge is -2.11. The van der Waals surface area contributed by atoms with Crippen LogP contribution in [0.5, 0.6) is 5.75 Å². The van der Waals surface area contributed by atoms with Crippen LogP contribution < -0.4 is 10.5 Å². The van der Waals surface area contributed by atoms with E-state index in [-0.39, 0.29) is 0 Å². The van der Waals surface area contributed by atoms with Gasteiger partial charge in [0.1, 0.15) is 18.2 Å². The lowest BCUT2D eigenvalue weighted by Crippen LogP contribution is -1.98. The molecule has 3 heterocycles. The van der Waals surface area contributed by atoms with Gasteiger partial charge in [0.25, 0.3) is 0 Å². The fourth-order valence-electron chi connectivity index (χ4n) is 3.51. The molecule has 2 N–H and O–H groups in total. The molecule has 5 nitrogen and oxygen atoms in total. The Bertz CT molecular complexity index is 1340. The summed E-state index contributed by atoms with van der Waals surface area (Å²) in [7, 11) is 0. The van der Waals surface area contributed by atoms with E-state index in [1.807, 2.05) is 72.8 Å². The molecule has 0 unspecified atom stereocenters. The summed E-state index contributed by atoms with van der Waals surface area (Å²) in [6.45, 7) is 0.411. The molecule has 0 amide bonds. The van der Waals surface area contributed by atoms with Gasteiger partial charge in [-0.1, -0.05) is 36.4 Å². The summed E-state index contributed by atoms with van der Waals surface area (Å²) >= 11 is 0. The predicted molar refractivity (Wildman–Crippen MR) is 123 cm³/mol. The summed E-state index contributed by atoms with van der Waals surface area (Å²) in [5.74, 6) is 1.26. The van der Waals surface area contributed by atoms with Crippen LogP contribution in [-0.2, 0) is 6.61 Å². The lowest BCUT2D eigenvalue weighted by molar-refractivity contribution is 0.302. The number of pyridine rings is 3. The molecule has 31 heavy (non-hydrogen) atoms. The molecule has 0 aliphatic rings. The van der Waals surface area contributed by atoms with Crippen molar-refractivity contribution in [1.29, 1.82) is 0 Å². The van der Waals surface area contributed by atoms with Crippen LogP contribution in [0, 0.1) is 0 Å². The smallest absolute Gasteiger partial charge is 0.130 e. The third-order valence-electron chi connectivity index (χ3n) is 5.06. The number of nitrogen functional groups attached to an aromatic ring is 1. The highest BCUT2D eigenvalue weighted by atomic mass is 16.5. The van der Waals surface area contributed by atoms with Gasteiger partial charge in [0.05, 0.1) is 16.9 Å². The third kappa shape index (κ3) is 4.07. The molecule has 0 aliphatic heterocycles. The van der Waals surface area contributed by atoms with Gasteiger partial charge in [-0.3, -0.25) is 4.98 Å². The van der Waals surface area contributed by atoms with Crippen molar-refractivity contribution in [3.63, 3.8) is 0 Å². The standard InChI is InChI=1S/C26H20N4O/c27-25-14-13-23(26(30-25)20-5-3-15-28-16-20)18-8-11-22(12-9-18)31-17-21-10-7-19-4-1-2-6-24(19)29-21/h1-16H,17H2,(H2,27,30). The largest absolute Gasteiger partial charge is 0.487 e. The van der Waals surface area contributed by atoms with E-state index < -0.39 is 0 Å². The number of para-hydroxylation sites is 1. The quantitative estimate of drug-likeness (QED) is 0.417. The van der Waals surface area contributed by atoms with Crippen molar-refractivity contribution in [2.45, 2.75) is 6.61 Å². The number of ether oxygens (including phenoxy) is 1. The summed E-state index contributed by atoms with van der Waals surface area (Å²) in [6, 6.07) is 27.8. The second-order valence-corrected chi connectivity index (χ2v) is 7.18. The topological polar surface area (TPSA) is 73.9 Å². The van der Waals surface area contributed by atoms with Crippen LogP contribution in [-0.4, -0.2) is 15.0 Å². The predicted octanol–water partition coefficient (Wildman–Crippen LogP) is 5.52. The number of anilines is 1. The zero-order valence-electron chi connectivity index (χ0n) is 16.8. The number of hydrogen-bond acceptors (Lipinski definition) is 5. The van der Waals surface area contributed by atoms with Crippen molar-refractivity contribution in [3.05, 3.63) is 103 Å². The summed E-state index contributed by atoms with van der Waals surface area (Å²) in [6.07, 6.45) is 3.53. The number of hydrogen-bond donors (Lipinski definition) is 1. The van der Waals surface area contributed by atoms with E-state index in [1.54, 1.807) is 12.4 Å². The fourth-order valence-corrected chi connectivity index (χ4v) is 3.51. The number of nitrogens with zero attached hydrogens (tertiary/aromatic N) is 3. The van der Waals surface area contributed by atoms with Crippen molar-refractivity contribution in [2.75, 3.05) is 5.73 Å². The first-order valence-electron chi connectivity index (χ1n) is 10.0. The second kappa shape index (κ2) is 8.24. The molecule has 0 radical (unpaired) electrons. The molecule has 5 aromatic rings. The Morgan fingerprint density at radius 3 is 2.45 bits per heavy atom. The van der Waals surface area contributed by atoms with Gasteiger partial charge in [-0.2, -0.15) is 0 Å². The van der Waals surface area contributed by atoms with Gasteiger partial charge in [0, 0.05) is 28.9 Å². The Labute approximate surface area is 180 Å². The minimum absolute atomic E-state index is 0.411. The Morgan fingerprint density at radius 1 is 0.742 bits per heavy atom. The average molecular weight is 404 g/mol. The molecular weight excluding hydrogens is 384 g/mol. The summed E-state index contributed by atoms with van der Waals surface area (Å²) in [5, 5.41) is 1.12. The van der Waals surface area contributed by atoms with Crippen LogP contribution in [0.3, 0.4) is 0 Å². The van der Waals surface area contributed by atoms with Gasteiger partial charge in [-0.05, 0) is 54.1 Å². The van der Waals surface area contributed by atoms with E-state index >= 15 is 0 Å². The van der Waals surface area contributed by atoms with Crippen molar-refractivity contribution in [2.24, 2.45) is 0 Å². The zero-order valence-corrected chi connectivity index (χ0v) is 16.8. The molecule has 3 aromatic heterocycles. The normalized spacial score (nSPS) is 10.8. The molecule has 150 valence electrons. The van der Waals surface area contributed by atoms with Gasteiger partial charge in [-0.15, -0.1) is 0 Å². The molecule has 0 fully saturated rings. The van der Waals surface area contributed by atoms with E-state index in [9.17, 15) is 0 Å². The number of rotatable bonds is 5. The van der Waals surface area contributed by atoms with Crippen LogP contribution >= 0.6 is 0 Å². The first kappa shape index (κ1) is 18.8. The average Bonchev–Trinajstić information content (AvgIpc) is 2.83. The Balaban J connectivity index is 1.37. The lowest BCUT2D eigenvalue weighted by atomic mass is 10.00. The van der Waals surface area contributed by atoms with E-state index in [0.29, 0.717) is 12.4 Å². The second-order valence-electron chi connectivity index (χ2n) is 7.18. The molecule has 5 heteroatoms. The highest BCUT2D eigenvalue weighted by molar-refractivity contribution is 5.81. The molecule has 2 aromatic carbocycles. The maximum absolute atomic E-state index is 5.96. The van der Waals surface area contributed by atoms with E-state index in [1.165, 1.54) is 0 Å². The van der Waals surface area contributed by atoms with Crippen LogP contribution in [0.2, 0.25) is 0 Å². The number of fused-ring (bicyclic) bond motifs is 1. The maximum atomic E-state index is 5.96. The number of aromatic nitrogens is 3. The van der Waals surface area contributed by atoms with Crippen molar-refractivity contribution in [3.8, 4) is 28.1 Å². The Kier molecular flexibility index (Phi) is 4.99. The van der Waals surface area contributed by atoms with E-state index in [2.05, 4.69) is 27.1 Å². The van der Waals surface area contributed by atoms with Crippen LogP contribution in [0.25, 0.3) is 33.3 Å². The van der Waals surface area contributed by atoms with Crippen molar-refractivity contribution < 1.29 is 4.74 Å². The van der Waals surface area contributed by atoms with E-state index in [4.69, 9.17) is 10.5 Å². The number of benzene rings is 2. The fraction of sp³-hybridized carbons (Fsp3) is 0.0385. The van der Waals surface area contributed by atoms with Crippen LogP contribution in [0.1, 0.15) is 5.69 Å². The molecule has 0 aliphatic carbocycles. The van der Waals surface area contributed by atoms with Crippen molar-refractivity contribution >= 4 is 16.7 Å². The Hall–Kier alpha value is -4.25. The summed E-state index contributed by atoms with van der Waals surface area (Å²) < 4.78 is 5.96. The van der Waals surface area contributed by atoms with Crippen LogP contribution in [0.4, 0.5) is 5.82 Å². The monoisotopic (exact) mass is 404 g/mol. The molecule has 0 bridgehead atoms. The Morgan fingerprint density at radius 2 is 1.61 bits per heavy atom.